The van der Waals surface area contributed by atoms with Gasteiger partial charge in [0.1, 0.15) is 17.3 Å². The number of benzene rings is 1. The summed E-state index contributed by atoms with van der Waals surface area (Å²) in [7, 11) is -4.68. The van der Waals surface area contributed by atoms with Crippen molar-refractivity contribution in [2.45, 2.75) is 4.90 Å². The molecular weight excluding hydrogens is 207 g/mol. The predicted molar refractivity (Wildman–Crippen MR) is 49.1 cm³/mol. The molecule has 0 aliphatic rings. The van der Waals surface area contributed by atoms with Crippen molar-refractivity contribution in [1.29, 1.82) is 0 Å². The molecule has 0 aromatic heterocycles. The fraction of sp³-hybridized carbons (Fsp3) is 0.111. The second-order valence-corrected chi connectivity index (χ2v) is 3.75. The van der Waals surface area contributed by atoms with Crippen molar-refractivity contribution in [1.82, 2.24) is 0 Å². The van der Waals surface area contributed by atoms with E-state index in [1.54, 1.807) is 0 Å². The molecule has 0 saturated carbocycles. The van der Waals surface area contributed by atoms with Crippen LogP contribution in [0.25, 0.3) is 0 Å². The average molecular weight is 214 g/mol. The van der Waals surface area contributed by atoms with Crippen molar-refractivity contribution in [3.05, 3.63) is 24.3 Å². The molecule has 74 valence electrons. The molecule has 0 fully saturated rings. The van der Waals surface area contributed by atoms with E-state index in [4.69, 9.17) is 11.2 Å². The van der Waals surface area contributed by atoms with Gasteiger partial charge in [0.15, 0.2) is 0 Å². The van der Waals surface area contributed by atoms with E-state index >= 15 is 0 Å². The highest BCUT2D eigenvalue weighted by atomic mass is 32.3. The number of hydrogen-bond donors (Lipinski definition) is 0. The molecule has 0 radical (unpaired) electrons. The van der Waals surface area contributed by atoms with Crippen molar-refractivity contribution in [3.63, 3.8) is 0 Å². The molecular formula is C9H7FO3S. The first-order chi connectivity index (χ1) is 6.54. The molecule has 0 atom stereocenters. The standard InChI is InChI=1S/C9H7FO3S/c1-2-6-13-8-4-3-5-9(7-8)14(10,11)12/h1,3-5,7H,6H2. The molecule has 1 aromatic rings. The predicted octanol–water partition coefficient (Wildman–Crippen LogP) is 1.36. The van der Waals surface area contributed by atoms with Gasteiger partial charge in [-0.3, -0.25) is 0 Å². The van der Waals surface area contributed by atoms with Crippen LogP contribution in [-0.4, -0.2) is 15.0 Å². The van der Waals surface area contributed by atoms with Gasteiger partial charge in [0.2, 0.25) is 0 Å². The minimum atomic E-state index is -4.68. The van der Waals surface area contributed by atoms with E-state index in [2.05, 4.69) is 5.92 Å². The number of hydrogen-bond acceptors (Lipinski definition) is 3. The molecule has 0 aliphatic heterocycles. The largest absolute Gasteiger partial charge is 0.481 e. The summed E-state index contributed by atoms with van der Waals surface area (Å²) in [6.45, 7) is 0.00971. The zero-order valence-corrected chi connectivity index (χ0v) is 7.92. The van der Waals surface area contributed by atoms with Crippen LogP contribution in [0.3, 0.4) is 0 Å². The monoisotopic (exact) mass is 214 g/mol. The average Bonchev–Trinajstić information content (AvgIpc) is 2.14. The van der Waals surface area contributed by atoms with E-state index in [1.807, 2.05) is 0 Å². The van der Waals surface area contributed by atoms with Gasteiger partial charge in [-0.15, -0.1) is 10.3 Å². The molecule has 3 nitrogen and oxygen atoms in total. The summed E-state index contributed by atoms with van der Waals surface area (Å²) in [4.78, 5) is -0.438. The first-order valence-corrected chi connectivity index (χ1v) is 5.03. The summed E-state index contributed by atoms with van der Waals surface area (Å²) in [5, 5.41) is 0. The third-order valence-corrected chi connectivity index (χ3v) is 2.23. The van der Waals surface area contributed by atoms with Crippen LogP contribution < -0.4 is 4.74 Å². The van der Waals surface area contributed by atoms with E-state index in [9.17, 15) is 12.3 Å². The Balaban J connectivity index is 2.97. The number of halogens is 1. The van der Waals surface area contributed by atoms with Gasteiger partial charge in [0, 0.05) is 6.07 Å². The third kappa shape index (κ3) is 2.75. The molecule has 0 aliphatic carbocycles. The first kappa shape index (κ1) is 10.5. The Labute approximate surface area is 81.7 Å². The molecule has 0 N–H and O–H groups in total. The SMILES string of the molecule is C#CCOc1cccc(S(=O)(=O)F)c1. The second kappa shape index (κ2) is 4.11. The van der Waals surface area contributed by atoms with Gasteiger partial charge in [0.05, 0.1) is 0 Å². The Hall–Kier alpha value is -1.54. The van der Waals surface area contributed by atoms with Crippen LogP contribution in [-0.2, 0) is 10.2 Å². The van der Waals surface area contributed by atoms with E-state index < -0.39 is 15.1 Å². The highest BCUT2D eigenvalue weighted by Crippen LogP contribution is 2.18. The van der Waals surface area contributed by atoms with Gasteiger partial charge < -0.3 is 4.74 Å². The third-order valence-electron chi connectivity index (χ3n) is 1.41. The molecule has 1 aromatic carbocycles. The van der Waals surface area contributed by atoms with Gasteiger partial charge in [0.25, 0.3) is 0 Å². The maximum absolute atomic E-state index is 12.5. The van der Waals surface area contributed by atoms with Crippen molar-refractivity contribution in [3.8, 4) is 18.1 Å². The van der Waals surface area contributed by atoms with Crippen molar-refractivity contribution >= 4 is 10.2 Å². The molecule has 0 heterocycles. The maximum atomic E-state index is 12.5. The van der Waals surface area contributed by atoms with Crippen LogP contribution in [0.5, 0.6) is 5.75 Å². The van der Waals surface area contributed by atoms with Gasteiger partial charge in [-0.25, -0.2) is 0 Å². The molecule has 5 heteroatoms. The summed E-state index contributed by atoms with van der Waals surface area (Å²) in [6.07, 6.45) is 4.93. The van der Waals surface area contributed by atoms with Gasteiger partial charge in [-0.1, -0.05) is 12.0 Å². The number of ether oxygens (including phenoxy) is 1. The van der Waals surface area contributed by atoms with Crippen molar-refractivity contribution in [2.75, 3.05) is 6.61 Å². The molecule has 0 bridgehead atoms. The van der Waals surface area contributed by atoms with Crippen molar-refractivity contribution < 1.29 is 17.0 Å². The molecule has 14 heavy (non-hydrogen) atoms. The normalized spacial score (nSPS) is 10.6. The smallest absolute Gasteiger partial charge is 0.332 e. The number of rotatable bonds is 3. The lowest BCUT2D eigenvalue weighted by atomic mass is 10.3. The Bertz CT molecular complexity index is 459. The van der Waals surface area contributed by atoms with Gasteiger partial charge >= 0.3 is 10.2 Å². The Kier molecular flexibility index (Phi) is 3.10. The Morgan fingerprint density at radius 3 is 2.79 bits per heavy atom. The zero-order chi connectivity index (χ0) is 10.6. The fourth-order valence-electron chi connectivity index (χ4n) is 0.841. The molecule has 0 amide bonds. The minimum absolute atomic E-state index is 0.00971. The lowest BCUT2D eigenvalue weighted by molar-refractivity contribution is 0.369. The summed E-state index contributed by atoms with van der Waals surface area (Å²) < 4.78 is 38.4. The summed E-state index contributed by atoms with van der Waals surface area (Å²) in [5.41, 5.74) is 0. The first-order valence-electron chi connectivity index (χ1n) is 3.65. The highest BCUT2D eigenvalue weighted by molar-refractivity contribution is 7.86. The van der Waals surface area contributed by atoms with Crippen LogP contribution in [0.4, 0.5) is 3.89 Å². The fourth-order valence-corrected chi connectivity index (χ4v) is 1.34. The van der Waals surface area contributed by atoms with E-state index in [1.165, 1.54) is 12.1 Å². The van der Waals surface area contributed by atoms with Crippen LogP contribution in [0.15, 0.2) is 29.2 Å². The Morgan fingerprint density at radius 2 is 2.21 bits per heavy atom. The lowest BCUT2D eigenvalue weighted by Crippen LogP contribution is -1.96. The van der Waals surface area contributed by atoms with Crippen LogP contribution in [0.2, 0.25) is 0 Å². The second-order valence-electron chi connectivity index (χ2n) is 2.41. The van der Waals surface area contributed by atoms with Gasteiger partial charge in [-0.2, -0.15) is 8.42 Å². The molecule has 1 rings (SSSR count). The molecule has 0 saturated heterocycles. The quantitative estimate of drug-likeness (QED) is 0.563. The summed E-state index contributed by atoms with van der Waals surface area (Å²) in [6, 6.07) is 5.08. The van der Waals surface area contributed by atoms with Crippen molar-refractivity contribution in [2.24, 2.45) is 0 Å². The highest BCUT2D eigenvalue weighted by Gasteiger charge is 2.11. The molecule has 0 spiro atoms. The van der Waals surface area contributed by atoms with Crippen LogP contribution >= 0.6 is 0 Å². The topological polar surface area (TPSA) is 43.4 Å². The van der Waals surface area contributed by atoms with E-state index in [0.29, 0.717) is 0 Å². The molecule has 0 unspecified atom stereocenters. The lowest BCUT2D eigenvalue weighted by Gasteiger charge is -2.02. The number of terminal acetylenes is 1. The summed E-state index contributed by atoms with van der Waals surface area (Å²) in [5.74, 6) is 2.43. The van der Waals surface area contributed by atoms with E-state index in [-0.39, 0.29) is 12.4 Å². The summed E-state index contributed by atoms with van der Waals surface area (Å²) >= 11 is 0. The maximum Gasteiger partial charge on any atom is 0.332 e. The minimum Gasteiger partial charge on any atom is -0.481 e. The zero-order valence-electron chi connectivity index (χ0n) is 7.10. The van der Waals surface area contributed by atoms with E-state index in [0.717, 1.165) is 12.1 Å². The van der Waals surface area contributed by atoms with Crippen LogP contribution in [0, 0.1) is 12.3 Å². The van der Waals surface area contributed by atoms with Crippen LogP contribution in [0.1, 0.15) is 0 Å². The van der Waals surface area contributed by atoms with Gasteiger partial charge in [-0.05, 0) is 12.1 Å². The Morgan fingerprint density at radius 1 is 1.50 bits per heavy atom.